The van der Waals surface area contributed by atoms with E-state index >= 15 is 0 Å². The molecule has 0 aliphatic rings. The number of nitrogens with zero attached hydrogens (tertiary/aromatic N) is 2. The fraction of sp³-hybridized carbons (Fsp3) is 0.357. The molecule has 0 atom stereocenters. The van der Waals surface area contributed by atoms with Gasteiger partial charge in [-0.3, -0.25) is 4.68 Å². The summed E-state index contributed by atoms with van der Waals surface area (Å²) in [6.45, 7) is 7.07. The van der Waals surface area contributed by atoms with Crippen LogP contribution in [0.4, 0.5) is 5.69 Å². The van der Waals surface area contributed by atoms with Gasteiger partial charge < -0.3 is 5.32 Å². The van der Waals surface area contributed by atoms with Gasteiger partial charge >= 0.3 is 0 Å². The van der Waals surface area contributed by atoms with E-state index in [-0.39, 0.29) is 0 Å². The predicted octanol–water partition coefficient (Wildman–Crippen LogP) is 3.72. The van der Waals surface area contributed by atoms with Crippen LogP contribution in [0.5, 0.6) is 0 Å². The van der Waals surface area contributed by atoms with E-state index in [4.69, 9.17) is 0 Å². The quantitative estimate of drug-likeness (QED) is 0.936. The van der Waals surface area contributed by atoms with Gasteiger partial charge in [0.25, 0.3) is 0 Å². The summed E-state index contributed by atoms with van der Waals surface area (Å²) in [7, 11) is 1.98. The summed E-state index contributed by atoms with van der Waals surface area (Å²) in [6.07, 6.45) is 0. The van der Waals surface area contributed by atoms with E-state index in [9.17, 15) is 0 Å². The van der Waals surface area contributed by atoms with E-state index in [1.54, 1.807) is 0 Å². The molecule has 0 fully saturated rings. The van der Waals surface area contributed by atoms with E-state index in [0.717, 1.165) is 22.4 Å². The second-order valence-electron chi connectivity index (χ2n) is 4.59. The SMILES string of the molecule is Cc1ccc(Br)cc1NCc1c(C)nn(C)c1C. The number of halogens is 1. The molecule has 0 amide bonds. The molecule has 4 heteroatoms. The highest BCUT2D eigenvalue weighted by Gasteiger charge is 2.09. The number of aromatic nitrogens is 2. The molecule has 0 saturated heterocycles. The molecule has 96 valence electrons. The Balaban J connectivity index is 2.19. The Morgan fingerprint density at radius 1 is 1.28 bits per heavy atom. The number of hydrogen-bond acceptors (Lipinski definition) is 2. The van der Waals surface area contributed by atoms with Crippen LogP contribution in [-0.4, -0.2) is 9.78 Å². The van der Waals surface area contributed by atoms with Crippen LogP contribution in [0.15, 0.2) is 22.7 Å². The van der Waals surface area contributed by atoms with Crippen molar-refractivity contribution in [2.45, 2.75) is 27.3 Å². The second kappa shape index (κ2) is 5.14. The summed E-state index contributed by atoms with van der Waals surface area (Å²) in [5.41, 5.74) is 5.99. The van der Waals surface area contributed by atoms with Gasteiger partial charge in [0.15, 0.2) is 0 Å². The summed E-state index contributed by atoms with van der Waals surface area (Å²) < 4.78 is 3.02. The molecule has 0 aliphatic heterocycles. The van der Waals surface area contributed by atoms with Crippen molar-refractivity contribution in [2.75, 3.05) is 5.32 Å². The highest BCUT2D eigenvalue weighted by molar-refractivity contribution is 9.10. The van der Waals surface area contributed by atoms with Crippen molar-refractivity contribution in [2.24, 2.45) is 7.05 Å². The second-order valence-corrected chi connectivity index (χ2v) is 5.50. The number of rotatable bonds is 3. The first-order valence-corrected chi connectivity index (χ1v) is 6.77. The number of aryl methyl sites for hydroxylation is 3. The summed E-state index contributed by atoms with van der Waals surface area (Å²) in [4.78, 5) is 0. The summed E-state index contributed by atoms with van der Waals surface area (Å²) in [5, 5.41) is 7.91. The minimum atomic E-state index is 0.808. The standard InChI is InChI=1S/C14H18BrN3/c1-9-5-6-12(15)7-14(9)16-8-13-10(2)17-18(4)11(13)3/h5-7,16H,8H2,1-4H3. The van der Waals surface area contributed by atoms with Gasteiger partial charge in [-0.1, -0.05) is 22.0 Å². The highest BCUT2D eigenvalue weighted by Crippen LogP contribution is 2.22. The maximum absolute atomic E-state index is 4.43. The minimum absolute atomic E-state index is 0.808. The van der Waals surface area contributed by atoms with E-state index in [0.29, 0.717) is 0 Å². The molecular weight excluding hydrogens is 290 g/mol. The zero-order chi connectivity index (χ0) is 13.3. The summed E-state index contributed by atoms with van der Waals surface area (Å²) in [5.74, 6) is 0. The fourth-order valence-corrected chi connectivity index (χ4v) is 2.40. The van der Waals surface area contributed by atoms with Crippen molar-refractivity contribution in [1.82, 2.24) is 9.78 Å². The third-order valence-electron chi connectivity index (χ3n) is 3.31. The van der Waals surface area contributed by atoms with Crippen LogP contribution < -0.4 is 5.32 Å². The van der Waals surface area contributed by atoms with Crippen molar-refractivity contribution in [3.63, 3.8) is 0 Å². The maximum Gasteiger partial charge on any atom is 0.0646 e. The average Bonchev–Trinajstić information content (AvgIpc) is 2.55. The van der Waals surface area contributed by atoms with E-state index in [1.807, 2.05) is 11.7 Å². The van der Waals surface area contributed by atoms with Gasteiger partial charge in [-0.25, -0.2) is 0 Å². The summed E-state index contributed by atoms with van der Waals surface area (Å²) >= 11 is 3.50. The molecular formula is C14H18BrN3. The third kappa shape index (κ3) is 2.58. The van der Waals surface area contributed by atoms with Gasteiger partial charge in [-0.2, -0.15) is 5.10 Å². The lowest BCUT2D eigenvalue weighted by molar-refractivity contribution is 0.730. The highest BCUT2D eigenvalue weighted by atomic mass is 79.9. The first-order chi connectivity index (χ1) is 8.49. The van der Waals surface area contributed by atoms with Gasteiger partial charge in [-0.15, -0.1) is 0 Å². The van der Waals surface area contributed by atoms with Crippen LogP contribution in [0, 0.1) is 20.8 Å². The number of nitrogens with one attached hydrogen (secondary N) is 1. The van der Waals surface area contributed by atoms with Crippen LogP contribution in [-0.2, 0) is 13.6 Å². The molecule has 0 bridgehead atoms. The molecule has 2 rings (SSSR count). The maximum atomic E-state index is 4.43. The number of hydrogen-bond donors (Lipinski definition) is 1. The Hall–Kier alpha value is -1.29. The van der Waals surface area contributed by atoms with Crippen LogP contribution in [0.1, 0.15) is 22.5 Å². The molecule has 1 aromatic carbocycles. The lowest BCUT2D eigenvalue weighted by Gasteiger charge is -2.10. The number of anilines is 1. The first-order valence-electron chi connectivity index (χ1n) is 5.98. The Labute approximate surface area is 116 Å². The van der Waals surface area contributed by atoms with Crippen LogP contribution in [0.2, 0.25) is 0 Å². The molecule has 1 aromatic heterocycles. The van der Waals surface area contributed by atoms with Crippen molar-refractivity contribution in [3.05, 3.63) is 45.2 Å². The van der Waals surface area contributed by atoms with Gasteiger partial charge in [0.2, 0.25) is 0 Å². The van der Waals surface area contributed by atoms with Gasteiger partial charge in [0.1, 0.15) is 0 Å². The molecule has 3 nitrogen and oxygen atoms in total. The van der Waals surface area contributed by atoms with E-state index in [2.05, 4.69) is 65.3 Å². The van der Waals surface area contributed by atoms with Gasteiger partial charge in [0.05, 0.1) is 5.69 Å². The fourth-order valence-electron chi connectivity index (χ4n) is 2.04. The van der Waals surface area contributed by atoms with Crippen molar-refractivity contribution in [3.8, 4) is 0 Å². The zero-order valence-electron chi connectivity index (χ0n) is 11.2. The molecule has 2 aromatic rings. The molecule has 0 unspecified atom stereocenters. The van der Waals surface area contributed by atoms with Crippen molar-refractivity contribution >= 4 is 21.6 Å². The van der Waals surface area contributed by atoms with Crippen molar-refractivity contribution < 1.29 is 0 Å². The average molecular weight is 308 g/mol. The third-order valence-corrected chi connectivity index (χ3v) is 3.81. The smallest absolute Gasteiger partial charge is 0.0646 e. The Bertz CT molecular complexity index is 573. The molecule has 18 heavy (non-hydrogen) atoms. The summed E-state index contributed by atoms with van der Waals surface area (Å²) in [6, 6.07) is 6.27. The molecule has 0 spiro atoms. The van der Waals surface area contributed by atoms with Crippen LogP contribution in [0.3, 0.4) is 0 Å². The van der Waals surface area contributed by atoms with Gasteiger partial charge in [-0.05, 0) is 38.5 Å². The monoisotopic (exact) mass is 307 g/mol. The van der Waals surface area contributed by atoms with Crippen LogP contribution in [0.25, 0.3) is 0 Å². The zero-order valence-corrected chi connectivity index (χ0v) is 12.8. The lowest BCUT2D eigenvalue weighted by atomic mass is 10.1. The van der Waals surface area contributed by atoms with E-state index < -0.39 is 0 Å². The largest absolute Gasteiger partial charge is 0.381 e. The number of benzene rings is 1. The van der Waals surface area contributed by atoms with Crippen LogP contribution >= 0.6 is 15.9 Å². The first kappa shape index (κ1) is 13.1. The minimum Gasteiger partial charge on any atom is -0.381 e. The topological polar surface area (TPSA) is 29.9 Å². The Morgan fingerprint density at radius 2 is 2.00 bits per heavy atom. The normalized spacial score (nSPS) is 10.7. The van der Waals surface area contributed by atoms with Crippen molar-refractivity contribution in [1.29, 1.82) is 0 Å². The van der Waals surface area contributed by atoms with E-state index in [1.165, 1.54) is 16.8 Å². The van der Waals surface area contributed by atoms with Gasteiger partial charge in [0, 0.05) is 35.0 Å². The molecule has 0 radical (unpaired) electrons. The molecule has 0 saturated carbocycles. The Kier molecular flexibility index (Phi) is 3.76. The molecule has 1 N–H and O–H groups in total. The molecule has 0 aliphatic carbocycles. The predicted molar refractivity (Wildman–Crippen MR) is 78.9 cm³/mol. The molecule has 1 heterocycles. The Morgan fingerprint density at radius 3 is 2.61 bits per heavy atom. The lowest BCUT2D eigenvalue weighted by Crippen LogP contribution is -2.03.